The van der Waals surface area contributed by atoms with Gasteiger partial charge in [-0.1, -0.05) is 12.1 Å². The molecule has 0 N–H and O–H groups in total. The SMILES string of the molecule is COc1c(CC(Cl)Cl)c(=O)n(C)c2ccccc12. The van der Waals surface area contributed by atoms with E-state index in [-0.39, 0.29) is 12.0 Å². The summed E-state index contributed by atoms with van der Waals surface area (Å²) in [6.07, 6.45) is 0.268. The van der Waals surface area contributed by atoms with Gasteiger partial charge in [-0.15, -0.1) is 23.2 Å². The minimum absolute atomic E-state index is 0.128. The summed E-state index contributed by atoms with van der Waals surface area (Å²) in [6, 6.07) is 7.57. The maximum absolute atomic E-state index is 12.3. The van der Waals surface area contributed by atoms with Gasteiger partial charge in [-0.25, -0.2) is 0 Å². The number of para-hydroxylation sites is 1. The van der Waals surface area contributed by atoms with Crippen LogP contribution in [0.2, 0.25) is 0 Å². The van der Waals surface area contributed by atoms with Gasteiger partial charge in [-0.3, -0.25) is 4.79 Å². The molecule has 1 aromatic carbocycles. The van der Waals surface area contributed by atoms with Gasteiger partial charge in [0.2, 0.25) is 0 Å². The second-order valence-corrected chi connectivity index (χ2v) is 5.27. The summed E-state index contributed by atoms with van der Waals surface area (Å²) in [7, 11) is 3.27. The number of halogens is 2. The van der Waals surface area contributed by atoms with Gasteiger partial charge in [0.05, 0.1) is 18.2 Å². The zero-order chi connectivity index (χ0) is 13.3. The Morgan fingerprint density at radius 3 is 2.61 bits per heavy atom. The predicted molar refractivity (Wildman–Crippen MR) is 74.9 cm³/mol. The summed E-state index contributed by atoms with van der Waals surface area (Å²) in [5.41, 5.74) is 1.20. The molecule has 0 saturated carbocycles. The fourth-order valence-corrected chi connectivity index (χ4v) is 2.41. The number of rotatable bonds is 3. The van der Waals surface area contributed by atoms with E-state index in [2.05, 4.69) is 0 Å². The number of alkyl halides is 2. The Hall–Kier alpha value is -1.19. The fourth-order valence-electron chi connectivity index (χ4n) is 2.10. The predicted octanol–water partition coefficient (Wildman–Crippen LogP) is 2.89. The molecule has 0 saturated heterocycles. The van der Waals surface area contributed by atoms with Crippen molar-refractivity contribution in [2.45, 2.75) is 11.3 Å². The number of pyridine rings is 1. The molecule has 96 valence electrons. The molecular formula is C13H13Cl2NO2. The van der Waals surface area contributed by atoms with E-state index in [4.69, 9.17) is 27.9 Å². The molecule has 1 heterocycles. The van der Waals surface area contributed by atoms with Crippen molar-refractivity contribution in [1.29, 1.82) is 0 Å². The van der Waals surface area contributed by atoms with Crippen molar-refractivity contribution in [1.82, 2.24) is 4.57 Å². The first-order chi connectivity index (χ1) is 8.56. The lowest BCUT2D eigenvalue weighted by atomic mass is 10.1. The van der Waals surface area contributed by atoms with Crippen molar-refractivity contribution in [2.75, 3.05) is 7.11 Å². The van der Waals surface area contributed by atoms with Gasteiger partial charge in [0.25, 0.3) is 5.56 Å². The summed E-state index contributed by atoms with van der Waals surface area (Å²) < 4.78 is 6.95. The van der Waals surface area contributed by atoms with Crippen LogP contribution >= 0.6 is 23.2 Å². The summed E-state index contributed by atoms with van der Waals surface area (Å²) in [4.78, 5) is 11.6. The van der Waals surface area contributed by atoms with Crippen LogP contribution in [0.1, 0.15) is 5.56 Å². The molecule has 0 radical (unpaired) electrons. The molecule has 0 unspecified atom stereocenters. The van der Waals surface area contributed by atoms with Crippen LogP contribution in [-0.2, 0) is 13.5 Å². The van der Waals surface area contributed by atoms with E-state index in [1.807, 2.05) is 24.3 Å². The molecule has 0 amide bonds. The van der Waals surface area contributed by atoms with Crippen molar-refractivity contribution < 1.29 is 4.74 Å². The minimum atomic E-state index is -0.632. The average molecular weight is 286 g/mol. The quantitative estimate of drug-likeness (QED) is 0.812. The number of aryl methyl sites for hydroxylation is 1. The number of hydrogen-bond donors (Lipinski definition) is 0. The molecule has 0 aliphatic carbocycles. The molecule has 2 rings (SSSR count). The summed E-state index contributed by atoms with van der Waals surface area (Å²) in [5.74, 6) is 0.556. The summed E-state index contributed by atoms with van der Waals surface area (Å²) >= 11 is 11.6. The minimum Gasteiger partial charge on any atom is -0.496 e. The Morgan fingerprint density at radius 1 is 1.33 bits per heavy atom. The van der Waals surface area contributed by atoms with Crippen LogP contribution in [0, 0.1) is 0 Å². The highest BCUT2D eigenvalue weighted by molar-refractivity contribution is 6.44. The standard InChI is InChI=1S/C13H13Cl2NO2/c1-16-10-6-4-3-5-8(10)12(18-2)9(13(16)17)7-11(14)15/h3-6,11H,7H2,1-2H3. The molecule has 0 bridgehead atoms. The van der Waals surface area contributed by atoms with E-state index in [0.29, 0.717) is 11.3 Å². The van der Waals surface area contributed by atoms with Gasteiger partial charge in [-0.05, 0) is 12.1 Å². The second kappa shape index (κ2) is 5.21. The normalized spacial score (nSPS) is 11.2. The van der Waals surface area contributed by atoms with Gasteiger partial charge in [0.15, 0.2) is 0 Å². The van der Waals surface area contributed by atoms with Gasteiger partial charge < -0.3 is 9.30 Å². The van der Waals surface area contributed by atoms with Crippen molar-refractivity contribution >= 4 is 34.1 Å². The van der Waals surface area contributed by atoms with E-state index >= 15 is 0 Å². The number of nitrogens with zero attached hydrogens (tertiary/aromatic N) is 1. The zero-order valence-electron chi connectivity index (χ0n) is 10.1. The lowest BCUT2D eigenvalue weighted by Gasteiger charge is -2.14. The largest absolute Gasteiger partial charge is 0.496 e. The summed E-state index contributed by atoms with van der Waals surface area (Å²) in [6.45, 7) is 0. The van der Waals surface area contributed by atoms with Crippen molar-refractivity contribution in [3.63, 3.8) is 0 Å². The van der Waals surface area contributed by atoms with Crippen molar-refractivity contribution in [3.8, 4) is 5.75 Å². The number of benzene rings is 1. The van der Waals surface area contributed by atoms with Gasteiger partial charge in [0.1, 0.15) is 10.6 Å². The maximum atomic E-state index is 12.3. The number of ether oxygens (including phenoxy) is 1. The van der Waals surface area contributed by atoms with Crippen molar-refractivity contribution in [3.05, 3.63) is 40.2 Å². The highest BCUT2D eigenvalue weighted by Crippen LogP contribution is 2.28. The molecule has 0 aliphatic rings. The molecular weight excluding hydrogens is 273 g/mol. The lowest BCUT2D eigenvalue weighted by Crippen LogP contribution is -2.23. The molecule has 18 heavy (non-hydrogen) atoms. The van der Waals surface area contributed by atoms with E-state index in [0.717, 1.165) is 10.9 Å². The van der Waals surface area contributed by atoms with E-state index in [1.165, 1.54) is 0 Å². The Bertz CT molecular complexity index is 635. The molecule has 0 fully saturated rings. The molecule has 5 heteroatoms. The van der Waals surface area contributed by atoms with E-state index < -0.39 is 4.84 Å². The van der Waals surface area contributed by atoms with Crippen LogP contribution in [0.15, 0.2) is 29.1 Å². The second-order valence-electron chi connectivity index (χ2n) is 3.99. The highest BCUT2D eigenvalue weighted by Gasteiger charge is 2.17. The molecule has 0 atom stereocenters. The van der Waals surface area contributed by atoms with Crippen LogP contribution in [0.25, 0.3) is 10.9 Å². The molecule has 0 aliphatic heterocycles. The van der Waals surface area contributed by atoms with Crippen LogP contribution in [-0.4, -0.2) is 16.5 Å². The molecule has 0 spiro atoms. The Balaban J connectivity index is 2.85. The first-order valence-electron chi connectivity index (χ1n) is 5.49. The average Bonchev–Trinajstić information content (AvgIpc) is 2.36. The topological polar surface area (TPSA) is 31.2 Å². The van der Waals surface area contributed by atoms with Crippen LogP contribution in [0.4, 0.5) is 0 Å². The van der Waals surface area contributed by atoms with Crippen LogP contribution < -0.4 is 10.3 Å². The first kappa shape index (κ1) is 13.2. The summed E-state index contributed by atoms with van der Waals surface area (Å²) in [5, 5.41) is 0.881. The first-order valence-corrected chi connectivity index (χ1v) is 6.36. The fraction of sp³-hybridized carbons (Fsp3) is 0.308. The Labute approximate surface area is 115 Å². The molecule has 2 aromatic rings. The van der Waals surface area contributed by atoms with Crippen LogP contribution in [0.3, 0.4) is 0 Å². The molecule has 1 aromatic heterocycles. The monoisotopic (exact) mass is 285 g/mol. The number of hydrogen-bond acceptors (Lipinski definition) is 2. The van der Waals surface area contributed by atoms with E-state index in [1.54, 1.807) is 18.7 Å². The highest BCUT2D eigenvalue weighted by atomic mass is 35.5. The number of methoxy groups -OCH3 is 1. The maximum Gasteiger partial charge on any atom is 0.257 e. The third kappa shape index (κ3) is 2.20. The Kier molecular flexibility index (Phi) is 3.83. The Morgan fingerprint density at radius 2 is 2.00 bits per heavy atom. The molecule has 3 nitrogen and oxygen atoms in total. The number of fused-ring (bicyclic) bond motifs is 1. The van der Waals surface area contributed by atoms with Crippen molar-refractivity contribution in [2.24, 2.45) is 7.05 Å². The van der Waals surface area contributed by atoms with Gasteiger partial charge >= 0.3 is 0 Å². The number of aromatic nitrogens is 1. The lowest BCUT2D eigenvalue weighted by molar-refractivity contribution is 0.413. The smallest absolute Gasteiger partial charge is 0.257 e. The van der Waals surface area contributed by atoms with Gasteiger partial charge in [0, 0.05) is 18.9 Å². The van der Waals surface area contributed by atoms with E-state index in [9.17, 15) is 4.79 Å². The van der Waals surface area contributed by atoms with Gasteiger partial charge in [-0.2, -0.15) is 0 Å². The third-order valence-corrected chi connectivity index (χ3v) is 3.22. The zero-order valence-corrected chi connectivity index (χ0v) is 11.6. The van der Waals surface area contributed by atoms with Crippen LogP contribution in [0.5, 0.6) is 5.75 Å². The third-order valence-electron chi connectivity index (χ3n) is 2.91.